The van der Waals surface area contributed by atoms with Crippen molar-refractivity contribution in [3.05, 3.63) is 181 Å². The molecule has 0 saturated carbocycles. The van der Waals surface area contributed by atoms with E-state index in [0.29, 0.717) is 66.5 Å². The molecule has 6 aromatic carbocycles. The van der Waals surface area contributed by atoms with Gasteiger partial charge in [-0.2, -0.15) is 0 Å². The second kappa shape index (κ2) is 18.7. The minimum absolute atomic E-state index is 0.0183. The van der Waals surface area contributed by atoms with E-state index < -0.39 is 25.1 Å². The minimum Gasteiger partial charge on any atom is -0.497 e. The maximum atomic E-state index is 13.6. The lowest BCUT2D eigenvalue weighted by Gasteiger charge is -2.28. The van der Waals surface area contributed by atoms with Gasteiger partial charge in [-0.25, -0.2) is 16.8 Å². The number of ether oxygens (including phenoxy) is 6. The summed E-state index contributed by atoms with van der Waals surface area (Å²) in [6.45, 7) is 15.4. The minimum atomic E-state index is -3.81. The fourth-order valence-corrected chi connectivity index (χ4v) is 10.7. The zero-order valence-corrected chi connectivity index (χ0v) is 38.4. The van der Waals surface area contributed by atoms with Crippen LogP contribution in [-0.4, -0.2) is 55.5 Å². The molecule has 2 aliphatic rings. The lowest BCUT2D eigenvalue weighted by molar-refractivity contribution is 0.0299. The van der Waals surface area contributed by atoms with Gasteiger partial charge < -0.3 is 28.4 Å². The summed E-state index contributed by atoms with van der Waals surface area (Å²) in [5.41, 5.74) is 3.49. The summed E-state index contributed by atoms with van der Waals surface area (Å²) in [6.07, 6.45) is 4.38. The van der Waals surface area contributed by atoms with Gasteiger partial charge in [-0.1, -0.05) is 57.2 Å². The standard InChI is InChI=1S/C53H52O10S2/c1-7-9-36-31-38(11-29-48(36)61-41-15-23-45(24-16-41)64(54,55)44-21-13-40(58-6)14-22-44)53(4,5)39-12-30-49(37(32-39)10-8-2)62-42-17-25-46(26-18-42)65(56,57)47-27-19-43(20-28-47)63-50-34-60-51-35(3)33-59-52(50)51/h7-8,11-32,35,50-52H,1-2,9-10,33-34H2,3-6H3. The van der Waals surface area contributed by atoms with Gasteiger partial charge in [0.1, 0.15) is 40.6 Å². The third-order valence-corrected chi connectivity index (χ3v) is 15.6. The molecule has 8 rings (SSSR count). The number of hydrogen-bond donors (Lipinski definition) is 0. The molecule has 2 aliphatic heterocycles. The molecule has 2 fully saturated rings. The molecule has 0 amide bonds. The first-order valence-electron chi connectivity index (χ1n) is 21.4. The second-order valence-electron chi connectivity index (χ2n) is 16.8. The van der Waals surface area contributed by atoms with E-state index in [1.165, 1.54) is 19.2 Å². The van der Waals surface area contributed by atoms with Gasteiger partial charge in [-0.15, -0.1) is 13.2 Å². The SMILES string of the molecule is C=CCc1cc(C(C)(C)c2ccc(Oc3ccc(S(=O)(=O)c4ccc(OC5COC6C(C)COC56)cc4)cc3)c(CC=C)c2)ccc1Oc1ccc(S(=O)(=O)c2ccc(OC)cc2)cc1. The fraction of sp³-hybridized carbons (Fsp3) is 0.245. The van der Waals surface area contributed by atoms with E-state index in [4.69, 9.17) is 28.4 Å². The molecule has 0 aliphatic carbocycles. The van der Waals surface area contributed by atoms with Crippen molar-refractivity contribution in [2.75, 3.05) is 20.3 Å². The van der Waals surface area contributed by atoms with E-state index in [2.05, 4.69) is 46.1 Å². The number of sulfone groups is 2. The Morgan fingerprint density at radius 2 is 0.969 bits per heavy atom. The first-order chi connectivity index (χ1) is 31.2. The highest BCUT2D eigenvalue weighted by Crippen LogP contribution is 2.39. The van der Waals surface area contributed by atoms with Gasteiger partial charge >= 0.3 is 0 Å². The highest BCUT2D eigenvalue weighted by Gasteiger charge is 2.47. The molecule has 0 bridgehead atoms. The quantitative estimate of drug-likeness (QED) is 0.0817. The van der Waals surface area contributed by atoms with E-state index >= 15 is 0 Å². The molecule has 65 heavy (non-hydrogen) atoms. The van der Waals surface area contributed by atoms with Gasteiger partial charge in [0, 0.05) is 11.3 Å². The predicted octanol–water partition coefficient (Wildman–Crippen LogP) is 10.9. The van der Waals surface area contributed by atoms with Crippen LogP contribution in [0.1, 0.15) is 43.0 Å². The van der Waals surface area contributed by atoms with Gasteiger partial charge in [-0.3, -0.25) is 0 Å². The maximum Gasteiger partial charge on any atom is 0.206 e. The molecule has 0 aromatic heterocycles. The van der Waals surface area contributed by atoms with Crippen LogP contribution in [0.5, 0.6) is 34.5 Å². The first-order valence-corrected chi connectivity index (χ1v) is 24.4. The van der Waals surface area contributed by atoms with Crippen LogP contribution in [0.3, 0.4) is 0 Å². The van der Waals surface area contributed by atoms with Crippen molar-refractivity contribution < 1.29 is 45.3 Å². The first kappa shape index (κ1) is 45.4. The zero-order valence-electron chi connectivity index (χ0n) is 36.8. The van der Waals surface area contributed by atoms with Gasteiger partial charge in [0.05, 0.1) is 46.0 Å². The molecule has 0 N–H and O–H groups in total. The van der Waals surface area contributed by atoms with Crippen LogP contribution in [0, 0.1) is 5.92 Å². The average Bonchev–Trinajstić information content (AvgIpc) is 3.90. The fourth-order valence-electron chi connectivity index (χ4n) is 8.22. The van der Waals surface area contributed by atoms with Gasteiger partial charge in [0.2, 0.25) is 19.7 Å². The summed E-state index contributed by atoms with van der Waals surface area (Å²) in [7, 11) is -6.01. The third-order valence-electron chi connectivity index (χ3n) is 12.1. The molecule has 10 nitrogen and oxygen atoms in total. The molecule has 0 radical (unpaired) electrons. The molecule has 6 aromatic rings. The van der Waals surface area contributed by atoms with Gasteiger partial charge in [0.25, 0.3) is 0 Å². The Morgan fingerprint density at radius 3 is 1.38 bits per heavy atom. The second-order valence-corrected chi connectivity index (χ2v) is 20.7. The molecule has 2 heterocycles. The van der Waals surface area contributed by atoms with Crippen molar-refractivity contribution in [3.8, 4) is 34.5 Å². The van der Waals surface area contributed by atoms with Crippen LogP contribution in [-0.2, 0) is 47.4 Å². The van der Waals surface area contributed by atoms with E-state index in [0.717, 1.165) is 22.3 Å². The number of fused-ring (bicyclic) bond motifs is 1. The Bertz CT molecular complexity index is 2890. The molecule has 2 saturated heterocycles. The summed E-state index contributed by atoms with van der Waals surface area (Å²) in [6, 6.07) is 37.7. The van der Waals surface area contributed by atoms with E-state index in [-0.39, 0.29) is 37.9 Å². The van der Waals surface area contributed by atoms with Crippen molar-refractivity contribution >= 4 is 19.7 Å². The van der Waals surface area contributed by atoms with Crippen molar-refractivity contribution in [1.29, 1.82) is 0 Å². The molecule has 0 spiro atoms. The molecular formula is C53H52O10S2. The number of methoxy groups -OCH3 is 1. The van der Waals surface area contributed by atoms with Crippen molar-refractivity contribution in [3.63, 3.8) is 0 Å². The van der Waals surface area contributed by atoms with E-state index in [1.807, 2.05) is 36.4 Å². The molecular weight excluding hydrogens is 861 g/mol. The smallest absolute Gasteiger partial charge is 0.206 e. The number of hydrogen-bond acceptors (Lipinski definition) is 10. The molecule has 4 atom stereocenters. The zero-order chi connectivity index (χ0) is 45.9. The summed E-state index contributed by atoms with van der Waals surface area (Å²) >= 11 is 0. The topological polar surface area (TPSA) is 124 Å². The van der Waals surface area contributed by atoms with Gasteiger partial charge in [0.15, 0.2) is 6.10 Å². The van der Waals surface area contributed by atoms with Gasteiger partial charge in [-0.05, 0) is 144 Å². The maximum absolute atomic E-state index is 13.6. The van der Waals surface area contributed by atoms with Crippen LogP contribution < -0.4 is 18.9 Å². The lowest BCUT2D eigenvalue weighted by atomic mass is 9.76. The molecule has 12 heteroatoms. The average molecular weight is 913 g/mol. The Kier molecular flexibility index (Phi) is 13.1. The normalized spacial score (nSPS) is 18.4. The Balaban J connectivity index is 0.945. The van der Waals surface area contributed by atoms with Crippen molar-refractivity contribution in [2.24, 2.45) is 5.92 Å². The monoisotopic (exact) mass is 912 g/mol. The number of allylic oxidation sites excluding steroid dienone is 2. The highest BCUT2D eigenvalue weighted by atomic mass is 32.2. The largest absolute Gasteiger partial charge is 0.497 e. The van der Waals surface area contributed by atoms with Crippen LogP contribution in [0.15, 0.2) is 178 Å². The van der Waals surface area contributed by atoms with E-state index in [9.17, 15) is 16.8 Å². The Labute approximate surface area is 381 Å². The number of rotatable bonds is 17. The summed E-state index contributed by atoms with van der Waals surface area (Å²) in [4.78, 5) is 0.624. The lowest BCUT2D eigenvalue weighted by Crippen LogP contribution is -2.33. The van der Waals surface area contributed by atoms with Crippen LogP contribution in [0.4, 0.5) is 0 Å². The van der Waals surface area contributed by atoms with Crippen molar-refractivity contribution in [2.45, 2.75) is 76.9 Å². The highest BCUT2D eigenvalue weighted by molar-refractivity contribution is 7.91. The van der Waals surface area contributed by atoms with E-state index in [1.54, 1.807) is 84.9 Å². The Hall–Kier alpha value is -6.18. The summed E-state index contributed by atoms with van der Waals surface area (Å²) in [5.74, 6) is 3.69. The van der Waals surface area contributed by atoms with Crippen LogP contribution in [0.25, 0.3) is 0 Å². The summed E-state index contributed by atoms with van der Waals surface area (Å²) in [5, 5.41) is 0. The molecule has 4 unspecified atom stereocenters. The predicted molar refractivity (Wildman–Crippen MR) is 249 cm³/mol. The number of benzene rings is 6. The van der Waals surface area contributed by atoms with Crippen LogP contribution in [0.2, 0.25) is 0 Å². The molecule has 336 valence electrons. The van der Waals surface area contributed by atoms with Crippen LogP contribution >= 0.6 is 0 Å². The third kappa shape index (κ3) is 9.48. The Morgan fingerprint density at radius 1 is 0.569 bits per heavy atom. The van der Waals surface area contributed by atoms with Crippen molar-refractivity contribution in [1.82, 2.24) is 0 Å². The summed E-state index contributed by atoms with van der Waals surface area (Å²) < 4.78 is 89.5.